The van der Waals surface area contributed by atoms with Crippen molar-refractivity contribution in [1.82, 2.24) is 0 Å². The number of benzene rings is 1. The molecule has 0 saturated heterocycles. The molecular formula is C15H18BrClN2S. The van der Waals surface area contributed by atoms with Crippen LogP contribution in [0.1, 0.15) is 17.4 Å². The van der Waals surface area contributed by atoms with E-state index in [0.29, 0.717) is 0 Å². The number of hydrogen-bond acceptors (Lipinski definition) is 3. The summed E-state index contributed by atoms with van der Waals surface area (Å²) in [5, 5.41) is 0. The molecule has 2 nitrogen and oxygen atoms in total. The minimum atomic E-state index is 0.170. The van der Waals surface area contributed by atoms with Crippen LogP contribution in [-0.2, 0) is 13.0 Å². The van der Waals surface area contributed by atoms with Crippen LogP contribution in [0.2, 0.25) is 4.34 Å². The van der Waals surface area contributed by atoms with Crippen molar-refractivity contribution >= 4 is 44.6 Å². The molecule has 2 N–H and O–H groups in total. The summed E-state index contributed by atoms with van der Waals surface area (Å²) in [7, 11) is 2.08. The van der Waals surface area contributed by atoms with Gasteiger partial charge in [0.25, 0.3) is 0 Å². The predicted molar refractivity (Wildman–Crippen MR) is 92.9 cm³/mol. The Balaban J connectivity index is 2.10. The lowest BCUT2D eigenvalue weighted by molar-refractivity contribution is 0.736. The zero-order chi connectivity index (χ0) is 14.7. The fourth-order valence-electron chi connectivity index (χ4n) is 2.05. The fourth-order valence-corrected chi connectivity index (χ4v) is 3.72. The monoisotopic (exact) mass is 372 g/mol. The Hall–Kier alpha value is -0.550. The van der Waals surface area contributed by atoms with E-state index in [-0.39, 0.29) is 6.04 Å². The topological polar surface area (TPSA) is 29.3 Å². The molecule has 2 rings (SSSR count). The van der Waals surface area contributed by atoms with Gasteiger partial charge in [-0.15, -0.1) is 11.3 Å². The van der Waals surface area contributed by atoms with Gasteiger partial charge in [0, 0.05) is 28.1 Å². The Bertz CT molecular complexity index is 583. The maximum Gasteiger partial charge on any atom is 0.0931 e. The molecule has 0 bridgehead atoms. The maximum absolute atomic E-state index is 5.96. The van der Waals surface area contributed by atoms with Gasteiger partial charge in [0.2, 0.25) is 0 Å². The van der Waals surface area contributed by atoms with Crippen molar-refractivity contribution in [2.45, 2.75) is 25.9 Å². The number of thiophene rings is 1. The van der Waals surface area contributed by atoms with Crippen molar-refractivity contribution in [3.63, 3.8) is 0 Å². The maximum atomic E-state index is 5.96. The largest absolute Gasteiger partial charge is 0.369 e. The molecule has 0 spiro atoms. The molecule has 1 unspecified atom stereocenters. The van der Waals surface area contributed by atoms with Crippen molar-refractivity contribution in [3.8, 4) is 0 Å². The van der Waals surface area contributed by atoms with Crippen molar-refractivity contribution in [3.05, 3.63) is 49.6 Å². The second-order valence-electron chi connectivity index (χ2n) is 5.02. The quantitative estimate of drug-likeness (QED) is 0.823. The summed E-state index contributed by atoms with van der Waals surface area (Å²) in [6.45, 7) is 2.88. The van der Waals surface area contributed by atoms with Crippen LogP contribution in [0.15, 0.2) is 34.8 Å². The Morgan fingerprint density at radius 3 is 2.65 bits per heavy atom. The van der Waals surface area contributed by atoms with Gasteiger partial charge in [0.1, 0.15) is 0 Å². The van der Waals surface area contributed by atoms with Crippen LogP contribution >= 0.6 is 38.9 Å². The van der Waals surface area contributed by atoms with Crippen LogP contribution in [0.25, 0.3) is 0 Å². The Morgan fingerprint density at radius 1 is 1.35 bits per heavy atom. The Labute approximate surface area is 137 Å². The van der Waals surface area contributed by atoms with E-state index in [9.17, 15) is 0 Å². The molecule has 0 radical (unpaired) electrons. The molecule has 20 heavy (non-hydrogen) atoms. The number of nitrogens with two attached hydrogens (primary N) is 1. The zero-order valence-corrected chi connectivity index (χ0v) is 14.7. The molecule has 1 atom stereocenters. The summed E-state index contributed by atoms with van der Waals surface area (Å²) in [5.41, 5.74) is 8.28. The van der Waals surface area contributed by atoms with E-state index in [0.717, 1.165) is 21.8 Å². The lowest BCUT2D eigenvalue weighted by Crippen LogP contribution is -2.19. The summed E-state index contributed by atoms with van der Waals surface area (Å²) < 4.78 is 1.95. The predicted octanol–water partition coefficient (Wildman–Crippen LogP) is 4.69. The van der Waals surface area contributed by atoms with Crippen LogP contribution in [0.4, 0.5) is 5.69 Å². The van der Waals surface area contributed by atoms with E-state index in [4.69, 9.17) is 17.3 Å². The van der Waals surface area contributed by atoms with E-state index in [1.165, 1.54) is 16.1 Å². The molecule has 1 heterocycles. The van der Waals surface area contributed by atoms with Crippen LogP contribution < -0.4 is 10.6 Å². The first-order chi connectivity index (χ1) is 9.45. The highest BCUT2D eigenvalue weighted by Crippen LogP contribution is 2.27. The number of halogens is 2. The molecule has 108 valence electrons. The molecule has 1 aromatic carbocycles. The van der Waals surface area contributed by atoms with Gasteiger partial charge in [-0.3, -0.25) is 0 Å². The Kier molecular flexibility index (Phi) is 5.49. The Morgan fingerprint density at radius 2 is 2.10 bits per heavy atom. The summed E-state index contributed by atoms with van der Waals surface area (Å²) in [6, 6.07) is 10.6. The zero-order valence-electron chi connectivity index (χ0n) is 11.6. The summed E-state index contributed by atoms with van der Waals surface area (Å²) in [6.07, 6.45) is 0.880. The SMILES string of the molecule is CC(N)Cc1ccc(N(C)Cc2ccc(Cl)s2)cc1Br. The summed E-state index contributed by atoms with van der Waals surface area (Å²) in [5.74, 6) is 0. The second kappa shape index (κ2) is 6.94. The minimum Gasteiger partial charge on any atom is -0.369 e. The molecule has 5 heteroatoms. The van der Waals surface area contributed by atoms with Crippen molar-refractivity contribution in [2.75, 3.05) is 11.9 Å². The van der Waals surface area contributed by atoms with Crippen LogP contribution in [0.5, 0.6) is 0 Å². The van der Waals surface area contributed by atoms with Gasteiger partial charge in [-0.2, -0.15) is 0 Å². The molecule has 0 aliphatic rings. The third-order valence-corrected chi connectivity index (χ3v) is 5.00. The van der Waals surface area contributed by atoms with E-state index >= 15 is 0 Å². The molecule has 0 fully saturated rings. The number of hydrogen-bond donors (Lipinski definition) is 1. The highest BCUT2D eigenvalue weighted by molar-refractivity contribution is 9.10. The van der Waals surface area contributed by atoms with Gasteiger partial charge < -0.3 is 10.6 Å². The van der Waals surface area contributed by atoms with Gasteiger partial charge in [-0.05, 0) is 43.2 Å². The lowest BCUT2D eigenvalue weighted by Gasteiger charge is -2.20. The first-order valence-corrected chi connectivity index (χ1v) is 8.44. The van der Waals surface area contributed by atoms with Gasteiger partial charge >= 0.3 is 0 Å². The molecular weight excluding hydrogens is 356 g/mol. The van der Waals surface area contributed by atoms with E-state index in [1.807, 2.05) is 13.0 Å². The molecule has 0 amide bonds. The number of nitrogens with zero attached hydrogens (tertiary/aromatic N) is 1. The minimum absolute atomic E-state index is 0.170. The van der Waals surface area contributed by atoms with E-state index < -0.39 is 0 Å². The van der Waals surface area contributed by atoms with Crippen LogP contribution in [0.3, 0.4) is 0 Å². The smallest absolute Gasteiger partial charge is 0.0931 e. The second-order valence-corrected chi connectivity index (χ2v) is 7.67. The van der Waals surface area contributed by atoms with Crippen molar-refractivity contribution < 1.29 is 0 Å². The van der Waals surface area contributed by atoms with Gasteiger partial charge in [-0.1, -0.05) is 33.6 Å². The van der Waals surface area contributed by atoms with E-state index in [2.05, 4.69) is 52.1 Å². The van der Waals surface area contributed by atoms with Crippen molar-refractivity contribution in [2.24, 2.45) is 5.73 Å². The van der Waals surface area contributed by atoms with Crippen LogP contribution in [-0.4, -0.2) is 13.1 Å². The first-order valence-electron chi connectivity index (χ1n) is 6.45. The third-order valence-electron chi connectivity index (χ3n) is 3.04. The van der Waals surface area contributed by atoms with Gasteiger partial charge in [0.15, 0.2) is 0 Å². The molecule has 0 saturated carbocycles. The lowest BCUT2D eigenvalue weighted by atomic mass is 10.1. The third kappa shape index (κ3) is 4.22. The van der Waals surface area contributed by atoms with E-state index in [1.54, 1.807) is 11.3 Å². The summed E-state index contributed by atoms with van der Waals surface area (Å²) in [4.78, 5) is 3.47. The number of rotatable bonds is 5. The fraction of sp³-hybridized carbons (Fsp3) is 0.333. The van der Waals surface area contributed by atoms with Crippen LogP contribution in [0, 0.1) is 0 Å². The molecule has 0 aliphatic carbocycles. The van der Waals surface area contributed by atoms with Gasteiger partial charge in [0.05, 0.1) is 10.9 Å². The van der Waals surface area contributed by atoms with Gasteiger partial charge in [-0.25, -0.2) is 0 Å². The first kappa shape index (κ1) is 15.8. The van der Waals surface area contributed by atoms with Crippen molar-refractivity contribution in [1.29, 1.82) is 0 Å². The average molecular weight is 374 g/mol. The standard InChI is InChI=1S/C15H18BrClN2S/c1-10(18)7-11-3-4-12(8-14(11)16)19(2)9-13-5-6-15(17)20-13/h3-6,8,10H,7,9,18H2,1-2H3. The molecule has 2 aromatic rings. The molecule has 0 aliphatic heterocycles. The highest BCUT2D eigenvalue weighted by atomic mass is 79.9. The summed E-state index contributed by atoms with van der Waals surface area (Å²) >= 11 is 11.2. The number of anilines is 1. The normalized spacial score (nSPS) is 12.4. The molecule has 1 aromatic heterocycles. The highest BCUT2D eigenvalue weighted by Gasteiger charge is 2.08. The average Bonchev–Trinajstić information content (AvgIpc) is 2.76.